The van der Waals surface area contributed by atoms with Crippen LogP contribution in [-0.4, -0.2) is 23.3 Å². The Balaban J connectivity index is 1.59. The Morgan fingerprint density at radius 1 is 0.474 bits per heavy atom. The minimum Gasteiger partial charge on any atom is -0.276 e. The summed E-state index contributed by atoms with van der Waals surface area (Å²) >= 11 is 1.83. The fourth-order valence-electron chi connectivity index (χ4n) is 5.82. The standard InChI is InChI=1S/C32H19N5S/c1-8-16-29-21(9-1)22-19-20(17-18-30(22)38-29)35-31-33-23-10-2-4-12-25(23)36(31)27-14-6-7-15-28(27)37-26-13-5-3-11-24(26)34-32(35)37/h1-19H. The summed E-state index contributed by atoms with van der Waals surface area (Å²) in [4.78, 5) is 10.4. The van der Waals surface area contributed by atoms with Crippen LogP contribution in [0.15, 0.2) is 115 Å². The molecule has 0 amide bonds. The van der Waals surface area contributed by atoms with Crippen molar-refractivity contribution in [2.75, 3.05) is 0 Å². The highest BCUT2D eigenvalue weighted by atomic mass is 32.1. The van der Waals surface area contributed by atoms with Crippen LogP contribution in [0.3, 0.4) is 0 Å². The van der Waals surface area contributed by atoms with E-state index in [1.165, 1.54) is 20.2 Å². The van der Waals surface area contributed by atoms with Crippen LogP contribution in [0.2, 0.25) is 0 Å². The number of thiophene rings is 1. The third kappa shape index (κ3) is 2.59. The largest absolute Gasteiger partial charge is 0.276 e. The molecule has 0 aliphatic carbocycles. The molecule has 0 N–H and O–H groups in total. The van der Waals surface area contributed by atoms with E-state index in [1.807, 2.05) is 23.5 Å². The lowest BCUT2D eigenvalue weighted by atomic mass is 10.1. The van der Waals surface area contributed by atoms with Gasteiger partial charge in [0, 0.05) is 20.2 Å². The summed E-state index contributed by atoms with van der Waals surface area (Å²) < 4.78 is 9.32. The molecule has 0 spiro atoms. The van der Waals surface area contributed by atoms with Crippen LogP contribution >= 0.6 is 11.3 Å². The van der Waals surface area contributed by atoms with Gasteiger partial charge in [0.05, 0.1) is 38.8 Å². The molecule has 0 saturated carbocycles. The maximum absolute atomic E-state index is 5.21. The summed E-state index contributed by atoms with van der Waals surface area (Å²) in [6.45, 7) is 0. The van der Waals surface area contributed by atoms with Crippen LogP contribution in [0.25, 0.3) is 70.5 Å². The van der Waals surface area contributed by atoms with Crippen LogP contribution in [0.4, 0.5) is 0 Å². The molecule has 6 heteroatoms. The van der Waals surface area contributed by atoms with Gasteiger partial charge in [-0.2, -0.15) is 0 Å². The van der Waals surface area contributed by atoms with Crippen molar-refractivity contribution in [1.29, 1.82) is 0 Å². The van der Waals surface area contributed by atoms with Crippen molar-refractivity contribution in [2.45, 2.75) is 0 Å². The highest BCUT2D eigenvalue weighted by molar-refractivity contribution is 7.25. The molecule has 0 aliphatic heterocycles. The van der Waals surface area contributed by atoms with E-state index in [0.29, 0.717) is 0 Å². The second-order valence-corrected chi connectivity index (χ2v) is 10.7. The molecule has 0 fully saturated rings. The molecular weight excluding hydrogens is 486 g/mol. The van der Waals surface area contributed by atoms with Crippen molar-refractivity contribution in [1.82, 2.24) is 23.3 Å². The minimum absolute atomic E-state index is 0.826. The molecular formula is C32H19N5S. The number of aromatic nitrogens is 5. The van der Waals surface area contributed by atoms with Gasteiger partial charge in [-0.15, -0.1) is 11.3 Å². The maximum Gasteiger partial charge on any atom is 0.223 e. The first-order valence-electron chi connectivity index (χ1n) is 12.6. The molecule has 4 aromatic heterocycles. The van der Waals surface area contributed by atoms with Crippen molar-refractivity contribution >= 4 is 76.2 Å². The summed E-state index contributed by atoms with van der Waals surface area (Å²) in [5.41, 5.74) is 7.22. The monoisotopic (exact) mass is 505 g/mol. The van der Waals surface area contributed by atoms with E-state index in [4.69, 9.17) is 9.97 Å². The smallest absolute Gasteiger partial charge is 0.223 e. The van der Waals surface area contributed by atoms with Crippen LogP contribution in [0, 0.1) is 0 Å². The zero-order chi connectivity index (χ0) is 24.8. The lowest BCUT2D eigenvalue weighted by Crippen LogP contribution is -2.01. The van der Waals surface area contributed by atoms with Gasteiger partial charge in [-0.1, -0.05) is 54.6 Å². The van der Waals surface area contributed by atoms with Gasteiger partial charge in [-0.05, 0) is 60.7 Å². The number of hydrogen-bond acceptors (Lipinski definition) is 3. The summed E-state index contributed by atoms with van der Waals surface area (Å²) in [5.74, 6) is 1.65. The fourth-order valence-corrected chi connectivity index (χ4v) is 6.90. The number of rotatable bonds is 1. The zero-order valence-corrected chi connectivity index (χ0v) is 20.9. The normalized spacial score (nSPS) is 12.2. The molecule has 5 aromatic carbocycles. The Morgan fingerprint density at radius 2 is 1.00 bits per heavy atom. The van der Waals surface area contributed by atoms with Crippen LogP contribution in [0.5, 0.6) is 0 Å². The van der Waals surface area contributed by atoms with Crippen LogP contribution in [-0.2, 0) is 0 Å². The van der Waals surface area contributed by atoms with Gasteiger partial charge in [-0.3, -0.25) is 8.80 Å². The second-order valence-electron chi connectivity index (χ2n) is 9.57. The Labute approximate surface area is 220 Å². The van der Waals surface area contributed by atoms with Gasteiger partial charge < -0.3 is 0 Å². The predicted molar refractivity (Wildman–Crippen MR) is 157 cm³/mol. The molecule has 0 aliphatic rings. The summed E-state index contributed by atoms with van der Waals surface area (Å²) in [5, 5.41) is 2.52. The fraction of sp³-hybridized carbons (Fsp3) is 0. The number of hydrogen-bond donors (Lipinski definition) is 0. The summed E-state index contributed by atoms with van der Waals surface area (Å²) in [6, 6.07) is 40.6. The second kappa shape index (κ2) is 7.31. The van der Waals surface area contributed by atoms with Crippen molar-refractivity contribution in [3.8, 4) is 5.69 Å². The van der Waals surface area contributed by atoms with Crippen molar-refractivity contribution in [2.24, 2.45) is 0 Å². The summed E-state index contributed by atoms with van der Waals surface area (Å²) in [7, 11) is 0. The van der Waals surface area contributed by atoms with Crippen molar-refractivity contribution in [3.63, 3.8) is 0 Å². The first-order chi connectivity index (χ1) is 18.8. The number of fused-ring (bicyclic) bond motifs is 12. The first kappa shape index (κ1) is 20.2. The van der Waals surface area contributed by atoms with E-state index < -0.39 is 0 Å². The Kier molecular flexibility index (Phi) is 3.88. The molecule has 5 nitrogen and oxygen atoms in total. The number of imidazole rings is 2. The van der Waals surface area contributed by atoms with Gasteiger partial charge in [0.2, 0.25) is 11.6 Å². The number of para-hydroxylation sites is 6. The quantitative estimate of drug-likeness (QED) is 0.226. The first-order valence-corrected chi connectivity index (χ1v) is 13.4. The molecule has 0 saturated heterocycles. The average Bonchev–Trinajstić information content (AvgIpc) is 3.62. The maximum atomic E-state index is 5.21. The molecule has 9 rings (SSSR count). The van der Waals surface area contributed by atoms with E-state index in [0.717, 1.165) is 50.3 Å². The summed E-state index contributed by atoms with van der Waals surface area (Å²) in [6.07, 6.45) is 0. The predicted octanol–water partition coefficient (Wildman–Crippen LogP) is 8.16. The molecule has 4 heterocycles. The Hall–Kier alpha value is -4.94. The topological polar surface area (TPSA) is 39.5 Å². The highest BCUT2D eigenvalue weighted by Gasteiger charge is 2.19. The molecule has 0 unspecified atom stereocenters. The number of nitrogens with zero attached hydrogens (tertiary/aromatic N) is 5. The van der Waals surface area contributed by atoms with Gasteiger partial charge in [0.15, 0.2) is 0 Å². The van der Waals surface area contributed by atoms with E-state index >= 15 is 0 Å². The zero-order valence-electron chi connectivity index (χ0n) is 20.1. The van der Waals surface area contributed by atoms with Crippen molar-refractivity contribution < 1.29 is 0 Å². The van der Waals surface area contributed by atoms with Gasteiger partial charge in [0.1, 0.15) is 0 Å². The molecule has 178 valence electrons. The molecule has 0 atom stereocenters. The SMILES string of the molecule is c1ccc2c(c1)nc1n(-c3ccc4sc5ccccc5c4c3)c3nc4ccccc4n3c3ccccc3n21. The van der Waals surface area contributed by atoms with Gasteiger partial charge in [0.25, 0.3) is 0 Å². The van der Waals surface area contributed by atoms with E-state index in [9.17, 15) is 0 Å². The molecule has 9 aromatic rings. The Bertz CT molecular complexity index is 2310. The lowest BCUT2D eigenvalue weighted by Gasteiger charge is -2.07. The number of benzene rings is 5. The molecule has 0 radical (unpaired) electrons. The molecule has 0 bridgehead atoms. The van der Waals surface area contributed by atoms with Crippen molar-refractivity contribution in [3.05, 3.63) is 115 Å². The highest BCUT2D eigenvalue weighted by Crippen LogP contribution is 2.36. The van der Waals surface area contributed by atoms with E-state index in [1.54, 1.807) is 0 Å². The van der Waals surface area contributed by atoms with Gasteiger partial charge in [-0.25, -0.2) is 14.5 Å². The lowest BCUT2D eigenvalue weighted by molar-refractivity contribution is 1.03. The van der Waals surface area contributed by atoms with E-state index in [-0.39, 0.29) is 0 Å². The Morgan fingerprint density at radius 3 is 1.66 bits per heavy atom. The minimum atomic E-state index is 0.826. The third-order valence-corrected chi connectivity index (χ3v) is 8.62. The van der Waals surface area contributed by atoms with Crippen LogP contribution in [0.1, 0.15) is 0 Å². The van der Waals surface area contributed by atoms with E-state index in [2.05, 4.69) is 116 Å². The third-order valence-electron chi connectivity index (χ3n) is 7.47. The van der Waals surface area contributed by atoms with Crippen LogP contribution < -0.4 is 0 Å². The molecule has 38 heavy (non-hydrogen) atoms. The van der Waals surface area contributed by atoms with Gasteiger partial charge >= 0.3 is 0 Å². The average molecular weight is 506 g/mol.